The van der Waals surface area contributed by atoms with Gasteiger partial charge in [-0.3, -0.25) is 19.2 Å². The standard InChI is InChI=1S/C25H24N4O4S/c1-16-14-22(30)27-19-6-3-4-7-20(19)29(16)23(31)15-28(2)25(33)17-9-11-18(12-10-17)26-24(32)21-8-5-13-34-21/h3-13,16H,14-15H2,1-2H3,(H,26,32)(H,27,30)/t16-/m0/s1. The van der Waals surface area contributed by atoms with Gasteiger partial charge >= 0.3 is 0 Å². The second kappa shape index (κ2) is 9.88. The lowest BCUT2D eigenvalue weighted by Gasteiger charge is -2.29. The molecule has 0 unspecified atom stereocenters. The van der Waals surface area contributed by atoms with Crippen LogP contribution in [0.25, 0.3) is 0 Å². The number of nitrogens with one attached hydrogen (secondary N) is 2. The maximum absolute atomic E-state index is 13.2. The highest BCUT2D eigenvalue weighted by atomic mass is 32.1. The summed E-state index contributed by atoms with van der Waals surface area (Å²) in [7, 11) is 1.56. The largest absolute Gasteiger partial charge is 0.332 e. The van der Waals surface area contributed by atoms with E-state index < -0.39 is 0 Å². The summed E-state index contributed by atoms with van der Waals surface area (Å²) >= 11 is 1.35. The van der Waals surface area contributed by atoms with Crippen LogP contribution < -0.4 is 15.5 Å². The lowest BCUT2D eigenvalue weighted by Crippen LogP contribution is -2.45. The van der Waals surface area contributed by atoms with Crippen molar-refractivity contribution in [3.05, 3.63) is 76.5 Å². The Morgan fingerprint density at radius 3 is 2.53 bits per heavy atom. The average Bonchev–Trinajstić information content (AvgIpc) is 3.31. The van der Waals surface area contributed by atoms with E-state index in [0.717, 1.165) is 0 Å². The minimum Gasteiger partial charge on any atom is -0.332 e. The highest BCUT2D eigenvalue weighted by Crippen LogP contribution is 2.31. The van der Waals surface area contributed by atoms with E-state index in [0.29, 0.717) is 27.5 Å². The van der Waals surface area contributed by atoms with Crippen LogP contribution >= 0.6 is 11.3 Å². The lowest BCUT2D eigenvalue weighted by atomic mass is 10.1. The Morgan fingerprint density at radius 1 is 1.09 bits per heavy atom. The molecule has 0 aliphatic carbocycles. The zero-order valence-electron chi connectivity index (χ0n) is 18.8. The summed E-state index contributed by atoms with van der Waals surface area (Å²) in [5.41, 5.74) is 2.14. The molecule has 1 aromatic heterocycles. The average molecular weight is 477 g/mol. The third kappa shape index (κ3) is 4.99. The number of amides is 4. The van der Waals surface area contributed by atoms with Gasteiger partial charge in [-0.15, -0.1) is 11.3 Å². The minimum atomic E-state index is -0.356. The van der Waals surface area contributed by atoms with Gasteiger partial charge in [0.2, 0.25) is 11.8 Å². The summed E-state index contributed by atoms with van der Waals surface area (Å²) < 4.78 is 0. The van der Waals surface area contributed by atoms with Gasteiger partial charge in [0.05, 0.1) is 16.3 Å². The Morgan fingerprint density at radius 2 is 1.82 bits per heavy atom. The molecule has 0 spiro atoms. The van der Waals surface area contributed by atoms with Crippen LogP contribution in [0.4, 0.5) is 17.1 Å². The van der Waals surface area contributed by atoms with Crippen LogP contribution in [0.3, 0.4) is 0 Å². The van der Waals surface area contributed by atoms with Crippen molar-refractivity contribution in [3.8, 4) is 0 Å². The van der Waals surface area contributed by atoms with Gasteiger partial charge in [-0.05, 0) is 54.8 Å². The number of hydrogen-bond donors (Lipinski definition) is 2. The van der Waals surface area contributed by atoms with Crippen molar-refractivity contribution in [3.63, 3.8) is 0 Å². The molecule has 3 aromatic rings. The normalized spacial score (nSPS) is 15.1. The number of hydrogen-bond acceptors (Lipinski definition) is 5. The molecule has 1 aliphatic rings. The number of benzene rings is 2. The van der Waals surface area contributed by atoms with Crippen LogP contribution in [-0.2, 0) is 9.59 Å². The predicted molar refractivity (Wildman–Crippen MR) is 132 cm³/mol. The van der Waals surface area contributed by atoms with Crippen LogP contribution in [0.5, 0.6) is 0 Å². The number of fused-ring (bicyclic) bond motifs is 1. The van der Waals surface area contributed by atoms with Crippen LogP contribution in [-0.4, -0.2) is 48.2 Å². The smallest absolute Gasteiger partial charge is 0.265 e. The summed E-state index contributed by atoms with van der Waals surface area (Å²) in [6.07, 6.45) is 0.163. The molecular formula is C25H24N4O4S. The third-order valence-electron chi connectivity index (χ3n) is 5.48. The van der Waals surface area contributed by atoms with Crippen LogP contribution in [0.2, 0.25) is 0 Å². The lowest BCUT2D eigenvalue weighted by molar-refractivity contribution is -0.119. The molecule has 0 saturated heterocycles. The number of carbonyl (C=O) groups excluding carboxylic acids is 4. The molecule has 0 fully saturated rings. The van der Waals surface area contributed by atoms with Gasteiger partial charge in [0.1, 0.15) is 6.54 Å². The van der Waals surface area contributed by atoms with E-state index in [2.05, 4.69) is 10.6 Å². The van der Waals surface area contributed by atoms with E-state index >= 15 is 0 Å². The molecule has 1 aliphatic heterocycles. The van der Waals surface area contributed by atoms with Gasteiger partial charge in [0.25, 0.3) is 11.8 Å². The van der Waals surface area contributed by atoms with Crippen molar-refractivity contribution in [2.24, 2.45) is 0 Å². The molecule has 0 bridgehead atoms. The molecule has 4 rings (SSSR count). The fourth-order valence-corrected chi connectivity index (χ4v) is 4.45. The molecule has 0 saturated carbocycles. The van der Waals surface area contributed by atoms with Crippen molar-refractivity contribution in [2.45, 2.75) is 19.4 Å². The summed E-state index contributed by atoms with van der Waals surface area (Å²) in [5, 5.41) is 7.44. The minimum absolute atomic E-state index is 0.150. The monoisotopic (exact) mass is 476 g/mol. The van der Waals surface area contributed by atoms with Crippen molar-refractivity contribution < 1.29 is 19.2 Å². The van der Waals surface area contributed by atoms with Crippen molar-refractivity contribution in [1.29, 1.82) is 0 Å². The molecule has 174 valence electrons. The molecule has 2 N–H and O–H groups in total. The second-order valence-electron chi connectivity index (χ2n) is 8.05. The fraction of sp³-hybridized carbons (Fsp3) is 0.200. The van der Waals surface area contributed by atoms with Gasteiger partial charge < -0.3 is 20.4 Å². The van der Waals surface area contributed by atoms with E-state index in [1.807, 2.05) is 12.3 Å². The zero-order chi connectivity index (χ0) is 24.2. The highest BCUT2D eigenvalue weighted by Gasteiger charge is 2.30. The molecule has 8 nitrogen and oxygen atoms in total. The summed E-state index contributed by atoms with van der Waals surface area (Å²) in [4.78, 5) is 54.0. The second-order valence-corrected chi connectivity index (χ2v) is 9.00. The molecule has 34 heavy (non-hydrogen) atoms. The topological polar surface area (TPSA) is 98.8 Å². The van der Waals surface area contributed by atoms with Crippen LogP contribution in [0, 0.1) is 0 Å². The summed E-state index contributed by atoms with van der Waals surface area (Å²) in [6.45, 7) is 1.66. The first-order chi connectivity index (χ1) is 16.3. The summed E-state index contributed by atoms with van der Waals surface area (Å²) in [6, 6.07) is 16.8. The van der Waals surface area contributed by atoms with E-state index in [1.165, 1.54) is 16.2 Å². The fourth-order valence-electron chi connectivity index (χ4n) is 3.84. The number of anilines is 3. The summed E-state index contributed by atoms with van der Waals surface area (Å²) in [5.74, 6) is -0.982. The molecule has 9 heteroatoms. The van der Waals surface area contributed by atoms with E-state index in [-0.39, 0.29) is 42.6 Å². The third-order valence-corrected chi connectivity index (χ3v) is 6.35. The van der Waals surface area contributed by atoms with Crippen molar-refractivity contribution >= 4 is 52.0 Å². The number of likely N-dealkylation sites (N-methyl/N-ethyl adjacent to an activating group) is 1. The first-order valence-electron chi connectivity index (χ1n) is 10.7. The number of para-hydroxylation sites is 2. The van der Waals surface area contributed by atoms with Crippen LogP contribution in [0.15, 0.2) is 66.0 Å². The molecular weight excluding hydrogens is 452 g/mol. The Hall–Kier alpha value is -3.98. The van der Waals surface area contributed by atoms with E-state index in [9.17, 15) is 19.2 Å². The first kappa shape index (κ1) is 23.2. The van der Waals surface area contributed by atoms with E-state index in [4.69, 9.17) is 0 Å². The Labute approximate surface area is 201 Å². The number of nitrogens with zero attached hydrogens (tertiary/aromatic N) is 2. The SMILES string of the molecule is C[C@H]1CC(=O)Nc2ccccc2N1C(=O)CN(C)C(=O)c1ccc(NC(=O)c2cccs2)cc1. The molecule has 0 radical (unpaired) electrons. The van der Waals surface area contributed by atoms with Crippen molar-refractivity contribution in [2.75, 3.05) is 29.1 Å². The van der Waals surface area contributed by atoms with E-state index in [1.54, 1.807) is 72.6 Å². The maximum Gasteiger partial charge on any atom is 0.265 e. The molecule has 2 heterocycles. The molecule has 4 amide bonds. The molecule has 2 aromatic carbocycles. The zero-order valence-corrected chi connectivity index (χ0v) is 19.6. The van der Waals surface area contributed by atoms with Gasteiger partial charge in [0, 0.05) is 30.8 Å². The Kier molecular flexibility index (Phi) is 6.74. The highest BCUT2D eigenvalue weighted by molar-refractivity contribution is 7.12. The van der Waals surface area contributed by atoms with Gasteiger partial charge in [-0.1, -0.05) is 18.2 Å². The number of rotatable bonds is 5. The van der Waals surface area contributed by atoms with Crippen molar-refractivity contribution in [1.82, 2.24) is 4.90 Å². The Balaban J connectivity index is 1.43. The Bertz CT molecular complexity index is 1220. The molecule has 1 atom stereocenters. The number of thiophene rings is 1. The first-order valence-corrected chi connectivity index (χ1v) is 11.6. The van der Waals surface area contributed by atoms with Gasteiger partial charge in [-0.2, -0.15) is 0 Å². The van der Waals surface area contributed by atoms with Crippen LogP contribution in [0.1, 0.15) is 33.4 Å². The number of carbonyl (C=O) groups is 4. The van der Waals surface area contributed by atoms with Gasteiger partial charge in [0.15, 0.2) is 0 Å². The quantitative estimate of drug-likeness (QED) is 0.585. The maximum atomic E-state index is 13.2. The predicted octanol–water partition coefficient (Wildman–Crippen LogP) is 3.84. The van der Waals surface area contributed by atoms with Gasteiger partial charge in [-0.25, -0.2) is 0 Å².